The maximum Gasteiger partial charge on any atom is 0.348 e. The molecule has 0 atom stereocenters. The van der Waals surface area contributed by atoms with Gasteiger partial charge in [-0.15, -0.1) is 0 Å². The first kappa shape index (κ1) is 17.3. The molecule has 2 aromatic carbocycles. The van der Waals surface area contributed by atoms with Crippen LogP contribution in [0.15, 0.2) is 54.6 Å². The van der Waals surface area contributed by atoms with Crippen LogP contribution in [0.2, 0.25) is 0 Å². The van der Waals surface area contributed by atoms with Crippen molar-refractivity contribution in [1.29, 1.82) is 0 Å². The molecule has 1 heterocycles. The molecule has 0 radical (unpaired) electrons. The molecule has 1 aromatic heterocycles. The average molecular weight is 363 g/mol. The molecule has 0 unspecified atom stereocenters. The van der Waals surface area contributed by atoms with Gasteiger partial charge in [0.25, 0.3) is 0 Å². The van der Waals surface area contributed by atoms with Gasteiger partial charge in [-0.3, -0.25) is 0 Å². The summed E-state index contributed by atoms with van der Waals surface area (Å²) in [7, 11) is 1.61. The quantitative estimate of drug-likeness (QED) is 0.712. The number of benzene rings is 2. The Hall–Kier alpha value is -3.08. The Balaban J connectivity index is 1.88. The molecule has 27 heavy (non-hydrogen) atoms. The molecule has 0 bridgehead atoms. The summed E-state index contributed by atoms with van der Waals surface area (Å²) in [5.41, 5.74) is 1.24. The molecule has 3 aromatic rings. The summed E-state index contributed by atoms with van der Waals surface area (Å²) >= 11 is 0. The fraction of sp³-hybridized carbons (Fsp3) is 0.273. The molecule has 0 amide bonds. The minimum absolute atomic E-state index is 0.517. The highest BCUT2D eigenvalue weighted by Crippen LogP contribution is 2.39. The van der Waals surface area contributed by atoms with Crippen LogP contribution in [0.1, 0.15) is 25.7 Å². The number of hydrogen-bond donors (Lipinski definition) is 1. The number of rotatable bonds is 5. The van der Waals surface area contributed by atoms with Gasteiger partial charge in [-0.05, 0) is 37.8 Å². The number of carbonyl (C=O) groups is 1. The molecule has 0 saturated heterocycles. The zero-order chi connectivity index (χ0) is 18.9. The summed E-state index contributed by atoms with van der Waals surface area (Å²) in [6.45, 7) is 0. The molecule has 0 spiro atoms. The molecule has 5 heteroatoms. The molecule has 1 aliphatic rings. The summed E-state index contributed by atoms with van der Waals surface area (Å²) in [6, 6.07) is 17.2. The van der Waals surface area contributed by atoms with Crippen LogP contribution in [0.5, 0.6) is 11.5 Å². The van der Waals surface area contributed by atoms with Gasteiger partial charge in [0.1, 0.15) is 11.5 Å². The summed E-state index contributed by atoms with van der Waals surface area (Å²) in [5.74, 6) is 0.338. The van der Waals surface area contributed by atoms with Gasteiger partial charge >= 0.3 is 5.97 Å². The van der Waals surface area contributed by atoms with Crippen molar-refractivity contribution < 1.29 is 19.4 Å². The lowest BCUT2D eigenvalue weighted by Crippen LogP contribution is -2.41. The van der Waals surface area contributed by atoms with Gasteiger partial charge in [0.05, 0.1) is 18.3 Å². The Kier molecular flexibility index (Phi) is 4.44. The van der Waals surface area contributed by atoms with Crippen molar-refractivity contribution in [2.75, 3.05) is 7.11 Å². The number of carboxylic acids is 1. The largest absolute Gasteiger partial charge is 0.497 e. The van der Waals surface area contributed by atoms with Crippen molar-refractivity contribution in [1.82, 2.24) is 4.98 Å². The van der Waals surface area contributed by atoms with E-state index in [4.69, 9.17) is 14.5 Å². The summed E-state index contributed by atoms with van der Waals surface area (Å²) in [5, 5.41) is 10.6. The van der Waals surface area contributed by atoms with Crippen molar-refractivity contribution in [2.45, 2.75) is 31.3 Å². The van der Waals surface area contributed by atoms with Crippen molar-refractivity contribution in [2.24, 2.45) is 0 Å². The molecule has 1 N–H and O–H groups in total. The van der Waals surface area contributed by atoms with Gasteiger partial charge in [0.2, 0.25) is 5.60 Å². The Bertz CT molecular complexity index is 978. The van der Waals surface area contributed by atoms with Gasteiger partial charge in [-0.2, -0.15) is 0 Å². The second kappa shape index (κ2) is 6.91. The van der Waals surface area contributed by atoms with Crippen LogP contribution in [0.4, 0.5) is 0 Å². The van der Waals surface area contributed by atoms with E-state index in [9.17, 15) is 9.90 Å². The minimum Gasteiger partial charge on any atom is -0.497 e. The Morgan fingerprint density at radius 1 is 1.07 bits per heavy atom. The van der Waals surface area contributed by atoms with E-state index in [-0.39, 0.29) is 0 Å². The number of nitrogens with zero attached hydrogens (tertiary/aromatic N) is 1. The van der Waals surface area contributed by atoms with E-state index in [1.54, 1.807) is 7.11 Å². The fourth-order valence-electron chi connectivity index (χ4n) is 3.66. The van der Waals surface area contributed by atoms with Crippen molar-refractivity contribution in [3.05, 3.63) is 54.6 Å². The van der Waals surface area contributed by atoms with Crippen LogP contribution in [-0.2, 0) is 4.79 Å². The molecule has 1 aliphatic carbocycles. The van der Waals surface area contributed by atoms with E-state index >= 15 is 0 Å². The number of hydrogen-bond acceptors (Lipinski definition) is 4. The number of methoxy groups -OCH3 is 1. The molecular weight excluding hydrogens is 342 g/mol. The lowest BCUT2D eigenvalue weighted by molar-refractivity contribution is -0.154. The number of pyridine rings is 1. The highest BCUT2D eigenvalue weighted by atomic mass is 16.5. The number of aliphatic carboxylic acids is 1. The Morgan fingerprint density at radius 3 is 2.48 bits per heavy atom. The highest BCUT2D eigenvalue weighted by Gasteiger charge is 2.44. The van der Waals surface area contributed by atoms with Gasteiger partial charge in [-0.1, -0.05) is 30.3 Å². The van der Waals surface area contributed by atoms with Crippen LogP contribution >= 0.6 is 0 Å². The van der Waals surface area contributed by atoms with Crippen LogP contribution in [0, 0.1) is 0 Å². The summed E-state index contributed by atoms with van der Waals surface area (Å²) < 4.78 is 11.5. The van der Waals surface area contributed by atoms with Crippen molar-refractivity contribution in [3.8, 4) is 22.8 Å². The first-order valence-electron chi connectivity index (χ1n) is 9.08. The summed E-state index contributed by atoms with van der Waals surface area (Å²) in [4.78, 5) is 16.7. The van der Waals surface area contributed by atoms with Crippen LogP contribution < -0.4 is 9.47 Å². The Labute approximate surface area is 157 Å². The van der Waals surface area contributed by atoms with Gasteiger partial charge in [-0.25, -0.2) is 9.78 Å². The number of fused-ring (bicyclic) bond motifs is 1. The average Bonchev–Trinajstić information content (AvgIpc) is 3.18. The molecule has 4 rings (SSSR count). The second-order valence-electron chi connectivity index (χ2n) is 6.86. The van der Waals surface area contributed by atoms with Gasteiger partial charge in [0, 0.05) is 23.1 Å². The molecular formula is C22H21NO4. The zero-order valence-electron chi connectivity index (χ0n) is 15.1. The monoisotopic (exact) mass is 363 g/mol. The first-order chi connectivity index (χ1) is 13.1. The maximum absolute atomic E-state index is 12.0. The van der Waals surface area contributed by atoms with Gasteiger partial charge < -0.3 is 14.6 Å². The lowest BCUT2D eigenvalue weighted by atomic mass is 10.0. The minimum atomic E-state index is -1.16. The zero-order valence-corrected chi connectivity index (χ0v) is 15.1. The predicted molar refractivity (Wildman–Crippen MR) is 103 cm³/mol. The SMILES string of the molecule is COc1ccc2c(OC3(C(=O)O)CCCC3)cc(-c3ccccc3)nc2c1. The molecule has 1 saturated carbocycles. The summed E-state index contributed by atoms with van der Waals surface area (Å²) in [6.07, 6.45) is 2.75. The maximum atomic E-state index is 12.0. The van der Waals surface area contributed by atoms with E-state index < -0.39 is 11.6 Å². The van der Waals surface area contributed by atoms with Crippen molar-refractivity contribution in [3.63, 3.8) is 0 Å². The van der Waals surface area contributed by atoms with E-state index in [0.717, 1.165) is 29.5 Å². The number of aromatic nitrogens is 1. The van der Waals surface area contributed by atoms with Gasteiger partial charge in [0.15, 0.2) is 0 Å². The number of carboxylic acid groups (broad SMARTS) is 1. The Morgan fingerprint density at radius 2 is 1.81 bits per heavy atom. The first-order valence-corrected chi connectivity index (χ1v) is 9.08. The van der Waals surface area contributed by atoms with Crippen LogP contribution in [-0.4, -0.2) is 28.8 Å². The molecule has 0 aliphatic heterocycles. The molecule has 138 valence electrons. The van der Waals surface area contributed by atoms with E-state index in [0.29, 0.717) is 29.9 Å². The van der Waals surface area contributed by atoms with E-state index in [1.807, 2.05) is 54.6 Å². The highest BCUT2D eigenvalue weighted by molar-refractivity contribution is 5.90. The van der Waals surface area contributed by atoms with E-state index in [2.05, 4.69) is 0 Å². The second-order valence-corrected chi connectivity index (χ2v) is 6.86. The van der Waals surface area contributed by atoms with Crippen LogP contribution in [0.3, 0.4) is 0 Å². The standard InChI is InChI=1S/C22H21NO4/c1-26-16-9-10-17-19(13-16)23-18(15-7-3-2-4-8-15)14-20(17)27-22(21(24)25)11-5-6-12-22/h2-4,7-10,13-14H,5-6,11-12H2,1H3,(H,24,25). The van der Waals surface area contributed by atoms with Crippen molar-refractivity contribution >= 4 is 16.9 Å². The molecule has 1 fully saturated rings. The third kappa shape index (κ3) is 3.21. The number of ether oxygens (including phenoxy) is 2. The fourth-order valence-corrected chi connectivity index (χ4v) is 3.66. The predicted octanol–water partition coefficient (Wildman–Crippen LogP) is 4.69. The van der Waals surface area contributed by atoms with E-state index in [1.165, 1.54) is 0 Å². The lowest BCUT2D eigenvalue weighted by Gasteiger charge is -2.26. The smallest absolute Gasteiger partial charge is 0.348 e. The third-order valence-electron chi connectivity index (χ3n) is 5.15. The third-order valence-corrected chi connectivity index (χ3v) is 5.15. The normalized spacial score (nSPS) is 15.6. The molecule has 5 nitrogen and oxygen atoms in total. The van der Waals surface area contributed by atoms with Crippen LogP contribution in [0.25, 0.3) is 22.2 Å². The topological polar surface area (TPSA) is 68.7 Å².